The van der Waals surface area contributed by atoms with Gasteiger partial charge in [0.05, 0.1) is 6.54 Å². The molecule has 0 fully saturated rings. The van der Waals surface area contributed by atoms with E-state index in [2.05, 4.69) is 5.43 Å². The molecule has 192 valence electrons. The lowest BCUT2D eigenvalue weighted by Crippen LogP contribution is -2.54. The molecule has 0 radical (unpaired) electrons. The molecule has 1 atom stereocenters. The second kappa shape index (κ2) is 9.91. The predicted octanol–water partition coefficient (Wildman–Crippen LogP) is 4.02. The molecule has 3 N–H and O–H groups in total. The number of rotatable bonds is 6. The molecule has 0 saturated carbocycles. The maximum absolute atomic E-state index is 14.5. The molecule has 0 spiro atoms. The topological polar surface area (TPSA) is 112 Å². The van der Waals surface area contributed by atoms with Crippen LogP contribution in [0.1, 0.15) is 49.6 Å². The standard InChI is InChI=1S/C28H21F2N3O5/c29-19-12-11-18(21(30)13-19)14-33-27(36)23-25(35)24(34)20(28(37)38)15-32(23)26(31-33)22(16-7-3-1-4-8-16)17-9-5-2-6-10-17/h1-13,15,22,26,31,35H,14H2,(H,37,38)/t26-/m0/s1. The molecular weight excluding hydrogens is 496 g/mol. The first kappa shape index (κ1) is 24.8. The predicted molar refractivity (Wildman–Crippen MR) is 132 cm³/mol. The van der Waals surface area contributed by atoms with Gasteiger partial charge < -0.3 is 14.8 Å². The molecule has 0 bridgehead atoms. The monoisotopic (exact) mass is 517 g/mol. The minimum Gasteiger partial charge on any atom is -0.503 e. The Morgan fingerprint density at radius 3 is 2.11 bits per heavy atom. The lowest BCUT2D eigenvalue weighted by atomic mass is 9.87. The Morgan fingerprint density at radius 2 is 1.55 bits per heavy atom. The number of nitrogens with one attached hydrogen (secondary N) is 1. The number of hydrogen-bond donors (Lipinski definition) is 3. The summed E-state index contributed by atoms with van der Waals surface area (Å²) in [5.41, 5.74) is 2.19. The second-order valence-electron chi connectivity index (χ2n) is 8.78. The summed E-state index contributed by atoms with van der Waals surface area (Å²) in [5.74, 6) is -5.73. The van der Waals surface area contributed by atoms with Crippen LogP contribution in [-0.2, 0) is 6.54 Å². The van der Waals surface area contributed by atoms with Gasteiger partial charge in [0.25, 0.3) is 5.91 Å². The number of aromatic nitrogens is 1. The Kier molecular flexibility index (Phi) is 6.48. The summed E-state index contributed by atoms with van der Waals surface area (Å²) in [7, 11) is 0. The van der Waals surface area contributed by atoms with Crippen LogP contribution in [0.15, 0.2) is 89.9 Å². The summed E-state index contributed by atoms with van der Waals surface area (Å²) in [6, 6.07) is 21.2. The van der Waals surface area contributed by atoms with Crippen molar-refractivity contribution in [3.05, 3.63) is 135 Å². The third kappa shape index (κ3) is 4.41. The fourth-order valence-corrected chi connectivity index (χ4v) is 4.66. The van der Waals surface area contributed by atoms with E-state index >= 15 is 0 Å². The zero-order valence-corrected chi connectivity index (χ0v) is 19.7. The third-order valence-corrected chi connectivity index (χ3v) is 6.45. The average molecular weight is 517 g/mol. The molecule has 4 aromatic rings. The van der Waals surface area contributed by atoms with Crippen LogP contribution < -0.4 is 10.9 Å². The van der Waals surface area contributed by atoms with E-state index in [0.29, 0.717) is 6.07 Å². The normalized spacial score (nSPS) is 15.0. The zero-order chi connectivity index (χ0) is 27.0. The first-order valence-electron chi connectivity index (χ1n) is 11.6. The van der Waals surface area contributed by atoms with Crippen molar-refractivity contribution in [1.29, 1.82) is 0 Å². The van der Waals surface area contributed by atoms with Crippen LogP contribution >= 0.6 is 0 Å². The van der Waals surface area contributed by atoms with Gasteiger partial charge in [-0.3, -0.25) is 14.6 Å². The maximum Gasteiger partial charge on any atom is 0.341 e. The Labute approximate surface area is 215 Å². The highest BCUT2D eigenvalue weighted by molar-refractivity contribution is 5.97. The highest BCUT2D eigenvalue weighted by atomic mass is 19.1. The van der Waals surface area contributed by atoms with E-state index in [0.717, 1.165) is 28.4 Å². The molecular formula is C28H21F2N3O5. The van der Waals surface area contributed by atoms with Crippen molar-refractivity contribution in [2.24, 2.45) is 0 Å². The molecule has 5 rings (SSSR count). The van der Waals surface area contributed by atoms with Crippen LogP contribution in [0.25, 0.3) is 0 Å². The smallest absolute Gasteiger partial charge is 0.341 e. The first-order chi connectivity index (χ1) is 18.3. The minimum absolute atomic E-state index is 0.0144. The van der Waals surface area contributed by atoms with Crippen LogP contribution in [-0.4, -0.2) is 31.7 Å². The Bertz CT molecular complexity index is 1550. The molecule has 10 heteroatoms. The van der Waals surface area contributed by atoms with Gasteiger partial charge in [-0.15, -0.1) is 0 Å². The van der Waals surface area contributed by atoms with E-state index in [-0.39, 0.29) is 12.1 Å². The van der Waals surface area contributed by atoms with Crippen molar-refractivity contribution in [1.82, 2.24) is 15.0 Å². The zero-order valence-electron chi connectivity index (χ0n) is 19.7. The van der Waals surface area contributed by atoms with Gasteiger partial charge >= 0.3 is 5.97 Å². The number of hydrogen-bond acceptors (Lipinski definition) is 5. The van der Waals surface area contributed by atoms with Crippen molar-refractivity contribution < 1.29 is 28.6 Å². The van der Waals surface area contributed by atoms with Gasteiger partial charge in [0, 0.05) is 23.7 Å². The number of carbonyl (C=O) groups excluding carboxylic acids is 1. The first-order valence-corrected chi connectivity index (χ1v) is 11.6. The van der Waals surface area contributed by atoms with Gasteiger partial charge in [-0.2, -0.15) is 0 Å². The number of benzene rings is 3. The van der Waals surface area contributed by atoms with Gasteiger partial charge in [-0.1, -0.05) is 66.7 Å². The Hall–Kier alpha value is -4.83. The number of pyridine rings is 1. The molecule has 1 aliphatic heterocycles. The molecule has 38 heavy (non-hydrogen) atoms. The van der Waals surface area contributed by atoms with Gasteiger partial charge in [-0.05, 0) is 17.2 Å². The van der Waals surface area contributed by atoms with Crippen LogP contribution in [0.2, 0.25) is 0 Å². The summed E-state index contributed by atoms with van der Waals surface area (Å²) in [5, 5.41) is 21.4. The van der Waals surface area contributed by atoms with Crippen molar-refractivity contribution in [3.8, 4) is 5.75 Å². The van der Waals surface area contributed by atoms with Crippen molar-refractivity contribution >= 4 is 11.9 Å². The SMILES string of the molecule is O=C(O)c1cn2c(c(O)c1=O)C(=O)N(Cc1ccc(F)cc1F)N[C@@H]2C(c1ccccc1)c1ccccc1. The number of hydrazine groups is 1. The van der Waals surface area contributed by atoms with Gasteiger partial charge in [0.15, 0.2) is 11.4 Å². The highest BCUT2D eigenvalue weighted by Crippen LogP contribution is 2.38. The summed E-state index contributed by atoms with van der Waals surface area (Å²) in [6.45, 7) is -0.369. The van der Waals surface area contributed by atoms with Gasteiger partial charge in [-0.25, -0.2) is 19.0 Å². The number of carbonyl (C=O) groups is 2. The molecule has 0 saturated heterocycles. The van der Waals surface area contributed by atoms with E-state index in [4.69, 9.17) is 0 Å². The van der Waals surface area contributed by atoms with Crippen molar-refractivity contribution in [2.45, 2.75) is 18.6 Å². The number of carboxylic acids is 1. The van der Waals surface area contributed by atoms with Crippen molar-refractivity contribution in [2.75, 3.05) is 0 Å². The number of amides is 1. The number of nitrogens with zero attached hydrogens (tertiary/aromatic N) is 2. The summed E-state index contributed by atoms with van der Waals surface area (Å²) in [4.78, 5) is 38.0. The maximum atomic E-state index is 14.5. The number of carboxylic acid groups (broad SMARTS) is 1. The molecule has 1 amide bonds. The number of halogens is 2. The minimum atomic E-state index is -1.57. The molecule has 0 aliphatic carbocycles. The fourth-order valence-electron chi connectivity index (χ4n) is 4.66. The Morgan fingerprint density at radius 1 is 0.947 bits per heavy atom. The van der Waals surface area contributed by atoms with Gasteiger partial charge in [0.1, 0.15) is 23.4 Å². The van der Waals surface area contributed by atoms with Crippen LogP contribution in [0, 0.1) is 11.6 Å². The summed E-state index contributed by atoms with van der Waals surface area (Å²) >= 11 is 0. The van der Waals surface area contributed by atoms with Gasteiger partial charge in [0.2, 0.25) is 5.43 Å². The molecule has 3 aromatic carbocycles. The van der Waals surface area contributed by atoms with E-state index < -0.39 is 58.0 Å². The number of aromatic carboxylic acids is 1. The van der Waals surface area contributed by atoms with Crippen LogP contribution in [0.5, 0.6) is 5.75 Å². The largest absolute Gasteiger partial charge is 0.503 e. The summed E-state index contributed by atoms with van der Waals surface area (Å²) in [6.07, 6.45) is 0.0740. The molecule has 2 heterocycles. The second-order valence-corrected chi connectivity index (χ2v) is 8.78. The van der Waals surface area contributed by atoms with E-state index in [9.17, 15) is 33.4 Å². The fraction of sp³-hybridized carbons (Fsp3) is 0.107. The highest BCUT2D eigenvalue weighted by Gasteiger charge is 2.40. The molecule has 1 aliphatic rings. The third-order valence-electron chi connectivity index (χ3n) is 6.45. The van der Waals surface area contributed by atoms with Crippen molar-refractivity contribution in [3.63, 3.8) is 0 Å². The summed E-state index contributed by atoms with van der Waals surface area (Å²) < 4.78 is 29.2. The number of fused-ring (bicyclic) bond motifs is 1. The van der Waals surface area contributed by atoms with Crippen LogP contribution in [0.4, 0.5) is 8.78 Å². The molecule has 8 nitrogen and oxygen atoms in total. The quantitative estimate of drug-likeness (QED) is 0.356. The molecule has 0 unspecified atom stereocenters. The lowest BCUT2D eigenvalue weighted by Gasteiger charge is -2.41. The Balaban J connectivity index is 1.73. The van der Waals surface area contributed by atoms with E-state index in [1.54, 1.807) is 0 Å². The van der Waals surface area contributed by atoms with E-state index in [1.807, 2.05) is 60.7 Å². The van der Waals surface area contributed by atoms with E-state index in [1.165, 1.54) is 10.6 Å². The van der Waals surface area contributed by atoms with Crippen LogP contribution in [0.3, 0.4) is 0 Å². The average Bonchev–Trinajstić information content (AvgIpc) is 2.91. The lowest BCUT2D eigenvalue weighted by molar-refractivity contribution is 0.0404. The molecule has 1 aromatic heterocycles. The number of aromatic hydroxyl groups is 1.